The van der Waals surface area contributed by atoms with Gasteiger partial charge in [0.2, 0.25) is 0 Å². The van der Waals surface area contributed by atoms with E-state index in [-0.39, 0.29) is 0 Å². The molecule has 696 valence electrons. The molecular weight excluding hydrogens is 1800 g/mol. The zero-order chi connectivity index (χ0) is 99.0. The molecule has 0 bridgehead atoms. The third-order valence-electron chi connectivity index (χ3n) is 25.7. The molecule has 0 aliphatic carbocycles. The molecule has 0 saturated carbocycles. The van der Waals surface area contributed by atoms with E-state index < -0.39 is 0 Å². The largest absolute Gasteiger partial charge is 0.262 e. The van der Waals surface area contributed by atoms with Crippen molar-refractivity contribution < 1.29 is 0 Å². The summed E-state index contributed by atoms with van der Waals surface area (Å²) < 4.78 is 0. The Balaban J connectivity index is 0.000000125. The van der Waals surface area contributed by atoms with Crippen LogP contribution in [0.2, 0.25) is 0 Å². The molecule has 24 aromatic rings. The first-order valence-corrected chi connectivity index (χ1v) is 48.7. The van der Waals surface area contributed by atoms with Crippen LogP contribution < -0.4 is 0 Å². The van der Waals surface area contributed by atoms with Crippen LogP contribution in [-0.2, 0) is 0 Å². The number of benzene rings is 15. The normalized spacial score (nSPS) is 11.0. The fraction of sp³-hybridized carbons (Fsp3) is 0.0227. The van der Waals surface area contributed by atoms with E-state index in [4.69, 9.17) is 29.9 Å². The van der Waals surface area contributed by atoms with Crippen LogP contribution in [0.15, 0.2) is 511 Å². The predicted octanol–water partition coefficient (Wildman–Crippen LogP) is 31.9. The molecule has 15 nitrogen and oxygen atoms in total. The number of hydrogen-bond acceptors (Lipinski definition) is 15. The van der Waals surface area contributed by atoms with Crippen molar-refractivity contribution in [3.8, 4) is 236 Å². The topological polar surface area (TPSA) is 193 Å². The summed E-state index contributed by atoms with van der Waals surface area (Å²) in [5.74, 6) is 2.71. The lowest BCUT2D eigenvalue weighted by atomic mass is 9.94. The van der Waals surface area contributed by atoms with Crippen molar-refractivity contribution in [2.24, 2.45) is 0 Å². The highest BCUT2D eigenvalue weighted by atomic mass is 14.9. The number of hydrogen-bond donors (Lipinski definition) is 0. The van der Waals surface area contributed by atoms with E-state index in [1.165, 1.54) is 0 Å². The first-order valence-electron chi connectivity index (χ1n) is 48.7. The molecule has 0 amide bonds. The van der Waals surface area contributed by atoms with Crippen molar-refractivity contribution in [3.63, 3.8) is 0 Å². The van der Waals surface area contributed by atoms with Crippen LogP contribution in [0.4, 0.5) is 0 Å². The summed E-state index contributed by atoms with van der Waals surface area (Å²) in [6.45, 7) is 6.05. The molecule has 0 aliphatic rings. The Labute approximate surface area is 853 Å². The first kappa shape index (κ1) is 92.3. The summed E-state index contributed by atoms with van der Waals surface area (Å²) >= 11 is 0. The molecule has 0 spiro atoms. The van der Waals surface area contributed by atoms with E-state index in [1.54, 1.807) is 43.5 Å². The number of aryl methyl sites for hydroxylation is 3. The minimum atomic E-state index is 0.668. The lowest BCUT2D eigenvalue weighted by Gasteiger charge is -2.14. The molecule has 9 heterocycles. The quantitative estimate of drug-likeness (QED) is 0.0659. The minimum Gasteiger partial charge on any atom is -0.262 e. The van der Waals surface area contributed by atoms with Gasteiger partial charge in [0.05, 0.1) is 51.7 Å². The highest BCUT2D eigenvalue weighted by Gasteiger charge is 2.21. The molecule has 0 aliphatic heterocycles. The van der Waals surface area contributed by atoms with Gasteiger partial charge < -0.3 is 0 Å². The van der Waals surface area contributed by atoms with E-state index >= 15 is 0 Å². The van der Waals surface area contributed by atoms with Gasteiger partial charge in [0, 0.05) is 133 Å². The molecule has 0 unspecified atom stereocenters. The Kier molecular flexibility index (Phi) is 27.1. The van der Waals surface area contributed by atoms with Crippen molar-refractivity contribution in [1.29, 1.82) is 0 Å². The SMILES string of the molecule is Cc1cc(-c2ccc(-c3cc(-c4ccc(-c5ccncn5)cc4)cc(-c4nc(-c5ccccc5)cc(-c5ccccc5)n4)c3)cc2)ccn1.Cc1cc(-c2ccc(-c3cc(-c4ccc(-c5cnccn5)cc4)cc(-c4nc(-c5ccccc5)cc(-c5ccccc5)n4)c3)cc2)ccn1.Cc1cc(-c2ccc(-c3cc(-c4ccc(-c5ncccn5)cc4)cc(-c4nc(-c5ccccc5)cc(-c5ccccc5)n4)c3)cc2)ccn1. The molecule has 0 saturated heterocycles. The van der Waals surface area contributed by atoms with E-state index in [0.717, 1.165) is 230 Å². The van der Waals surface area contributed by atoms with Crippen LogP contribution in [0.5, 0.6) is 0 Å². The maximum Gasteiger partial charge on any atom is 0.160 e. The molecule has 0 N–H and O–H groups in total. The summed E-state index contributed by atoms with van der Waals surface area (Å²) in [6, 6.07) is 156. The second kappa shape index (κ2) is 43.1. The van der Waals surface area contributed by atoms with Crippen molar-refractivity contribution in [2.45, 2.75) is 20.8 Å². The van der Waals surface area contributed by atoms with Crippen LogP contribution in [0.1, 0.15) is 17.1 Å². The fourth-order valence-corrected chi connectivity index (χ4v) is 18.1. The molecule has 9 aromatic heterocycles. The van der Waals surface area contributed by atoms with Crippen LogP contribution in [0.25, 0.3) is 236 Å². The van der Waals surface area contributed by atoms with Crippen molar-refractivity contribution in [1.82, 2.24) is 74.8 Å². The third-order valence-corrected chi connectivity index (χ3v) is 25.7. The summed E-state index contributed by atoms with van der Waals surface area (Å²) in [7, 11) is 0. The van der Waals surface area contributed by atoms with Gasteiger partial charge >= 0.3 is 0 Å². The highest BCUT2D eigenvalue weighted by molar-refractivity contribution is 5.88. The lowest BCUT2D eigenvalue weighted by Crippen LogP contribution is -1.97. The zero-order valence-electron chi connectivity index (χ0n) is 80.7. The summed E-state index contributed by atoms with van der Waals surface area (Å²) in [5.41, 5.74) is 42.0. The lowest BCUT2D eigenvalue weighted by molar-refractivity contribution is 1.17. The van der Waals surface area contributed by atoms with Gasteiger partial charge in [-0.25, -0.2) is 49.8 Å². The molecular formula is C132H93N15. The van der Waals surface area contributed by atoms with Crippen LogP contribution in [-0.4, -0.2) is 74.8 Å². The molecule has 0 radical (unpaired) electrons. The van der Waals surface area contributed by atoms with Gasteiger partial charge in [0.25, 0.3) is 0 Å². The zero-order valence-corrected chi connectivity index (χ0v) is 80.7. The Morgan fingerprint density at radius 2 is 0.367 bits per heavy atom. The summed E-state index contributed by atoms with van der Waals surface area (Å²) in [4.78, 5) is 70.1. The molecule has 147 heavy (non-hydrogen) atoms. The number of rotatable bonds is 21. The van der Waals surface area contributed by atoms with E-state index in [2.05, 4.69) is 354 Å². The second-order valence-corrected chi connectivity index (χ2v) is 35.8. The molecule has 15 aromatic carbocycles. The maximum absolute atomic E-state index is 5.15. The Morgan fingerprint density at radius 1 is 0.122 bits per heavy atom. The van der Waals surface area contributed by atoms with E-state index in [0.29, 0.717) is 23.3 Å². The summed E-state index contributed by atoms with van der Waals surface area (Å²) in [6.07, 6.45) is 17.6. The van der Waals surface area contributed by atoms with Crippen molar-refractivity contribution in [2.75, 3.05) is 0 Å². The van der Waals surface area contributed by atoms with Gasteiger partial charge in [-0.3, -0.25) is 24.9 Å². The average Bonchev–Trinajstić information content (AvgIpc) is 0.784. The Bertz CT molecular complexity index is 7710. The number of pyridine rings is 3. The van der Waals surface area contributed by atoms with Gasteiger partial charge in [-0.1, -0.05) is 328 Å². The van der Waals surface area contributed by atoms with Crippen LogP contribution in [0, 0.1) is 20.8 Å². The minimum absolute atomic E-state index is 0.668. The van der Waals surface area contributed by atoms with Gasteiger partial charge in [0.1, 0.15) is 6.33 Å². The smallest absolute Gasteiger partial charge is 0.160 e. The van der Waals surface area contributed by atoms with Crippen LogP contribution in [0.3, 0.4) is 0 Å². The molecule has 24 rings (SSSR count). The Hall–Kier alpha value is -19.8. The van der Waals surface area contributed by atoms with E-state index in [9.17, 15) is 0 Å². The maximum atomic E-state index is 5.15. The third kappa shape index (κ3) is 21.9. The van der Waals surface area contributed by atoms with Gasteiger partial charge in [-0.05, 0) is 242 Å². The number of nitrogens with zero attached hydrogens (tertiary/aromatic N) is 15. The molecule has 15 heteroatoms. The average molecular weight is 1890 g/mol. The molecule has 0 atom stereocenters. The standard InChI is InChI=1S/3C44H31N5/c1-30-25-37(21-24-45-30)31-13-15-32(16-14-31)38-26-39(33-17-19-36(20-18-33)43-46-22-8-23-47-43)28-40(27-38)44-48-41(34-9-4-2-5-10-34)29-42(49-44)35-11-6-3-7-12-35;1-30-24-37(20-23-46-30)31-12-14-32(15-13-31)38-25-39(33-16-18-36(19-17-33)41-21-22-45-29-47-41)27-40(26-38)44-48-42(34-8-4-2-5-9-34)28-43(49-44)35-10-6-3-7-11-35;1-30-24-37(20-21-46-30)31-12-14-32(15-13-31)38-25-39(33-16-18-36(19-17-33)43-29-45-22-23-47-43)27-40(26-38)44-48-41(34-8-4-2-5-9-34)28-42(49-44)35-10-6-3-7-11-35/h3*2-29H,1H3. The fourth-order valence-electron chi connectivity index (χ4n) is 18.1. The van der Waals surface area contributed by atoms with Crippen molar-refractivity contribution in [3.05, 3.63) is 528 Å². The second-order valence-electron chi connectivity index (χ2n) is 35.8. The van der Waals surface area contributed by atoms with Gasteiger partial charge in [-0.2, -0.15) is 0 Å². The highest BCUT2D eigenvalue weighted by Crippen LogP contribution is 2.42. The van der Waals surface area contributed by atoms with Gasteiger partial charge in [0.15, 0.2) is 23.3 Å². The van der Waals surface area contributed by atoms with E-state index in [1.807, 2.05) is 179 Å². The van der Waals surface area contributed by atoms with Gasteiger partial charge in [-0.15, -0.1) is 0 Å². The Morgan fingerprint density at radius 3 is 0.619 bits per heavy atom. The predicted molar refractivity (Wildman–Crippen MR) is 595 cm³/mol. The molecule has 0 fully saturated rings. The summed E-state index contributed by atoms with van der Waals surface area (Å²) in [5, 5.41) is 0. The van der Waals surface area contributed by atoms with Crippen LogP contribution >= 0.6 is 0 Å². The van der Waals surface area contributed by atoms with Crippen molar-refractivity contribution >= 4 is 0 Å². The number of aromatic nitrogens is 15. The first-order chi connectivity index (χ1) is 72.5. The monoisotopic (exact) mass is 1890 g/mol.